The van der Waals surface area contributed by atoms with Crippen LogP contribution in [0.1, 0.15) is 37.7 Å². The fourth-order valence-electron chi connectivity index (χ4n) is 2.76. The van der Waals surface area contributed by atoms with Crippen LogP contribution >= 0.6 is 0 Å². The minimum Gasteiger partial charge on any atom is -0.466 e. The lowest BCUT2D eigenvalue weighted by atomic mass is 10.1. The third-order valence-electron chi connectivity index (χ3n) is 4.23. The van der Waals surface area contributed by atoms with Crippen LogP contribution in [0, 0.1) is 6.92 Å². The molecule has 120 valence electrons. The maximum atomic E-state index is 12.2. The van der Waals surface area contributed by atoms with E-state index in [1.807, 2.05) is 30.9 Å². The van der Waals surface area contributed by atoms with E-state index < -0.39 is 0 Å². The van der Waals surface area contributed by atoms with Crippen molar-refractivity contribution in [3.05, 3.63) is 23.7 Å². The average molecular weight is 305 g/mol. The van der Waals surface area contributed by atoms with Gasteiger partial charge in [-0.05, 0) is 45.2 Å². The van der Waals surface area contributed by atoms with E-state index in [-0.39, 0.29) is 24.5 Å². The van der Waals surface area contributed by atoms with Gasteiger partial charge in [0.2, 0.25) is 5.91 Å². The topological polar surface area (TPSA) is 65.8 Å². The third kappa shape index (κ3) is 3.43. The largest absolute Gasteiger partial charge is 0.466 e. The van der Waals surface area contributed by atoms with Gasteiger partial charge in [-0.15, -0.1) is 0 Å². The maximum Gasteiger partial charge on any atom is 0.319 e. The standard InChI is InChI=1S/C16H23N3O3/c1-11(3-7-14-8-4-12(2)22-14)17-16(21)18-9-15(20)19(10-18)13-5-6-13/h4,8,11,13H,3,5-7,9-10H2,1-2H3,(H,17,21). The van der Waals surface area contributed by atoms with Gasteiger partial charge in [-0.1, -0.05) is 0 Å². The highest BCUT2D eigenvalue weighted by Gasteiger charge is 2.39. The van der Waals surface area contributed by atoms with Crippen molar-refractivity contribution in [3.63, 3.8) is 0 Å². The van der Waals surface area contributed by atoms with E-state index in [0.29, 0.717) is 12.7 Å². The van der Waals surface area contributed by atoms with Crippen molar-refractivity contribution in [2.24, 2.45) is 0 Å². The molecule has 1 N–H and O–H groups in total. The second kappa shape index (κ2) is 6.02. The summed E-state index contributed by atoms with van der Waals surface area (Å²) in [6, 6.07) is 4.17. The average Bonchev–Trinajstić information content (AvgIpc) is 3.11. The Kier molecular flexibility index (Phi) is 4.09. The van der Waals surface area contributed by atoms with E-state index in [2.05, 4.69) is 5.32 Å². The van der Waals surface area contributed by atoms with Gasteiger partial charge in [0.05, 0.1) is 6.67 Å². The van der Waals surface area contributed by atoms with Crippen LogP contribution < -0.4 is 5.32 Å². The summed E-state index contributed by atoms with van der Waals surface area (Å²) in [5.74, 6) is 1.91. The number of rotatable bonds is 5. The molecule has 1 aromatic rings. The molecule has 2 fully saturated rings. The van der Waals surface area contributed by atoms with Gasteiger partial charge in [0.15, 0.2) is 0 Å². The number of carbonyl (C=O) groups excluding carboxylic acids is 2. The first kappa shape index (κ1) is 14.9. The summed E-state index contributed by atoms with van der Waals surface area (Å²) in [6.45, 7) is 4.53. The highest BCUT2D eigenvalue weighted by Crippen LogP contribution is 2.29. The molecule has 3 rings (SSSR count). The highest BCUT2D eigenvalue weighted by atomic mass is 16.3. The monoisotopic (exact) mass is 305 g/mol. The number of hydrogen-bond acceptors (Lipinski definition) is 3. The lowest BCUT2D eigenvalue weighted by Crippen LogP contribution is -2.43. The lowest BCUT2D eigenvalue weighted by molar-refractivity contribution is -0.127. The zero-order chi connectivity index (χ0) is 15.7. The second-order valence-corrected chi connectivity index (χ2v) is 6.34. The summed E-state index contributed by atoms with van der Waals surface area (Å²) < 4.78 is 5.53. The second-order valence-electron chi connectivity index (χ2n) is 6.34. The first-order chi connectivity index (χ1) is 10.5. The molecule has 2 heterocycles. The molecule has 2 aliphatic rings. The highest BCUT2D eigenvalue weighted by molar-refractivity contribution is 5.87. The number of hydrogen-bond donors (Lipinski definition) is 1. The Morgan fingerprint density at radius 2 is 2.23 bits per heavy atom. The fraction of sp³-hybridized carbons (Fsp3) is 0.625. The van der Waals surface area contributed by atoms with Crippen molar-refractivity contribution in [2.75, 3.05) is 13.2 Å². The van der Waals surface area contributed by atoms with E-state index in [0.717, 1.165) is 37.2 Å². The smallest absolute Gasteiger partial charge is 0.319 e. The first-order valence-corrected chi connectivity index (χ1v) is 7.93. The Morgan fingerprint density at radius 3 is 2.86 bits per heavy atom. The van der Waals surface area contributed by atoms with Gasteiger partial charge in [0.1, 0.15) is 18.1 Å². The summed E-state index contributed by atoms with van der Waals surface area (Å²) in [5, 5.41) is 2.97. The van der Waals surface area contributed by atoms with Crippen LogP contribution in [0.3, 0.4) is 0 Å². The fourth-order valence-corrected chi connectivity index (χ4v) is 2.76. The Morgan fingerprint density at radius 1 is 1.45 bits per heavy atom. The van der Waals surface area contributed by atoms with Crippen molar-refractivity contribution in [1.29, 1.82) is 0 Å². The Hall–Kier alpha value is -1.98. The van der Waals surface area contributed by atoms with Gasteiger partial charge < -0.3 is 14.6 Å². The molecular formula is C16H23N3O3. The summed E-state index contributed by atoms with van der Waals surface area (Å²) >= 11 is 0. The number of nitrogens with one attached hydrogen (secondary N) is 1. The minimum atomic E-state index is -0.153. The molecule has 1 aromatic heterocycles. The molecule has 0 radical (unpaired) electrons. The van der Waals surface area contributed by atoms with Crippen LogP contribution in [-0.4, -0.2) is 47.0 Å². The van der Waals surface area contributed by atoms with Crippen molar-refractivity contribution in [3.8, 4) is 0 Å². The maximum absolute atomic E-state index is 12.2. The molecule has 1 unspecified atom stereocenters. The van der Waals surface area contributed by atoms with Gasteiger partial charge in [-0.25, -0.2) is 4.79 Å². The zero-order valence-electron chi connectivity index (χ0n) is 13.2. The molecule has 1 saturated carbocycles. The first-order valence-electron chi connectivity index (χ1n) is 7.93. The predicted molar refractivity (Wildman–Crippen MR) is 81.2 cm³/mol. The zero-order valence-corrected chi connectivity index (χ0v) is 13.2. The van der Waals surface area contributed by atoms with E-state index in [4.69, 9.17) is 4.42 Å². The molecule has 0 aromatic carbocycles. The number of amides is 3. The molecule has 1 saturated heterocycles. The minimum absolute atomic E-state index is 0.0444. The molecule has 1 aliphatic heterocycles. The van der Waals surface area contributed by atoms with E-state index >= 15 is 0 Å². The predicted octanol–water partition coefficient (Wildman–Crippen LogP) is 1.88. The number of furan rings is 1. The molecule has 3 amide bonds. The van der Waals surface area contributed by atoms with Crippen LogP contribution in [0.25, 0.3) is 0 Å². The lowest BCUT2D eigenvalue weighted by Gasteiger charge is -2.21. The third-order valence-corrected chi connectivity index (χ3v) is 4.23. The van der Waals surface area contributed by atoms with Gasteiger partial charge >= 0.3 is 6.03 Å². The molecule has 22 heavy (non-hydrogen) atoms. The van der Waals surface area contributed by atoms with Crippen LogP contribution in [0.4, 0.5) is 4.79 Å². The van der Waals surface area contributed by atoms with Crippen molar-refractivity contribution < 1.29 is 14.0 Å². The molecule has 6 nitrogen and oxygen atoms in total. The summed E-state index contributed by atoms with van der Waals surface area (Å²) in [7, 11) is 0. The molecule has 1 aliphatic carbocycles. The van der Waals surface area contributed by atoms with Gasteiger partial charge in [0.25, 0.3) is 0 Å². The molecule has 0 bridgehead atoms. The van der Waals surface area contributed by atoms with E-state index in [9.17, 15) is 9.59 Å². The van der Waals surface area contributed by atoms with Crippen LogP contribution in [-0.2, 0) is 11.2 Å². The van der Waals surface area contributed by atoms with Crippen LogP contribution in [0.5, 0.6) is 0 Å². The Balaban J connectivity index is 1.44. The Bertz CT molecular complexity index is 565. The summed E-state index contributed by atoms with van der Waals surface area (Å²) in [6.07, 6.45) is 3.75. The number of urea groups is 1. The normalized spacial score (nSPS) is 19.6. The SMILES string of the molecule is Cc1ccc(CCC(C)NC(=O)N2CC(=O)N(C3CC3)C2)o1. The molecular weight excluding hydrogens is 282 g/mol. The van der Waals surface area contributed by atoms with Gasteiger partial charge in [-0.2, -0.15) is 0 Å². The number of carbonyl (C=O) groups is 2. The summed E-state index contributed by atoms with van der Waals surface area (Å²) in [4.78, 5) is 27.5. The van der Waals surface area contributed by atoms with Gasteiger partial charge in [-0.3, -0.25) is 9.69 Å². The Labute approximate surface area is 130 Å². The van der Waals surface area contributed by atoms with Gasteiger partial charge in [0, 0.05) is 18.5 Å². The summed E-state index contributed by atoms with van der Waals surface area (Å²) in [5.41, 5.74) is 0. The van der Waals surface area contributed by atoms with Crippen molar-refractivity contribution in [1.82, 2.24) is 15.1 Å². The van der Waals surface area contributed by atoms with Crippen LogP contribution in [0.15, 0.2) is 16.5 Å². The molecule has 0 spiro atoms. The van der Waals surface area contributed by atoms with E-state index in [1.165, 1.54) is 0 Å². The number of aryl methyl sites for hydroxylation is 2. The molecule has 1 atom stereocenters. The van der Waals surface area contributed by atoms with E-state index in [1.54, 1.807) is 4.90 Å². The van der Waals surface area contributed by atoms with Crippen molar-refractivity contribution in [2.45, 2.75) is 51.6 Å². The molecule has 6 heteroatoms. The number of nitrogens with zero attached hydrogens (tertiary/aromatic N) is 2. The van der Waals surface area contributed by atoms with Crippen molar-refractivity contribution >= 4 is 11.9 Å². The quantitative estimate of drug-likeness (QED) is 0.903. The van der Waals surface area contributed by atoms with Crippen LogP contribution in [0.2, 0.25) is 0 Å².